The molecule has 146 valence electrons. The van der Waals surface area contributed by atoms with Crippen LogP contribution in [0, 0.1) is 19.8 Å². The van der Waals surface area contributed by atoms with Crippen LogP contribution in [0.5, 0.6) is 0 Å². The number of aryl methyl sites for hydroxylation is 2. The molecule has 3 rings (SSSR count). The summed E-state index contributed by atoms with van der Waals surface area (Å²) in [5, 5.41) is 7.73. The molecule has 6 nitrogen and oxygen atoms in total. The van der Waals surface area contributed by atoms with Crippen molar-refractivity contribution in [3.63, 3.8) is 0 Å². The summed E-state index contributed by atoms with van der Waals surface area (Å²) in [5.74, 6) is -0.293. The zero-order chi connectivity index (χ0) is 20.3. The maximum atomic E-state index is 12.4. The molecule has 0 spiro atoms. The third-order valence-electron chi connectivity index (χ3n) is 4.26. The number of fused-ring (bicyclic) bond motifs is 1. The van der Waals surface area contributed by atoms with Gasteiger partial charge >= 0.3 is 5.97 Å². The van der Waals surface area contributed by atoms with Crippen LogP contribution in [0.2, 0.25) is 0 Å². The van der Waals surface area contributed by atoms with E-state index in [-0.39, 0.29) is 24.2 Å². The van der Waals surface area contributed by atoms with Gasteiger partial charge in [0.2, 0.25) is 5.91 Å². The second-order valence-electron chi connectivity index (χ2n) is 7.38. The Morgan fingerprint density at radius 1 is 1.14 bits per heavy atom. The van der Waals surface area contributed by atoms with Crippen LogP contribution in [0.3, 0.4) is 0 Å². The first-order chi connectivity index (χ1) is 13.3. The van der Waals surface area contributed by atoms with E-state index in [9.17, 15) is 9.59 Å². The van der Waals surface area contributed by atoms with Crippen molar-refractivity contribution >= 4 is 28.5 Å². The summed E-state index contributed by atoms with van der Waals surface area (Å²) in [7, 11) is 0. The maximum Gasteiger partial charge on any atom is 0.338 e. The van der Waals surface area contributed by atoms with Gasteiger partial charge in [-0.25, -0.2) is 4.79 Å². The number of carbonyl (C=O) groups excluding carboxylic acids is 2. The first-order valence-electron chi connectivity index (χ1n) is 9.26. The van der Waals surface area contributed by atoms with Crippen molar-refractivity contribution in [3.8, 4) is 0 Å². The molecule has 1 amide bonds. The van der Waals surface area contributed by atoms with Gasteiger partial charge in [-0.05, 0) is 61.2 Å². The second kappa shape index (κ2) is 8.25. The number of anilines is 1. The first-order valence-corrected chi connectivity index (χ1v) is 9.26. The average Bonchev–Trinajstić information content (AvgIpc) is 3.03. The molecule has 3 aromatic rings. The van der Waals surface area contributed by atoms with Gasteiger partial charge < -0.3 is 14.6 Å². The average molecular weight is 380 g/mol. The largest absolute Gasteiger partial charge is 0.462 e. The van der Waals surface area contributed by atoms with Gasteiger partial charge in [0.1, 0.15) is 5.69 Å². The standard InChI is InChI=1S/C22H24N2O4/c1-13(2)12-27-22(26)16-5-7-17(8-6-16)23-20(25)11-19-18-10-14(3)9-15(4)21(18)28-24-19/h5-10,13H,11-12H2,1-4H3,(H,23,25). The molecular weight excluding hydrogens is 356 g/mol. The maximum absolute atomic E-state index is 12.4. The summed E-state index contributed by atoms with van der Waals surface area (Å²) >= 11 is 0. The van der Waals surface area contributed by atoms with Crippen LogP contribution in [0.25, 0.3) is 11.0 Å². The van der Waals surface area contributed by atoms with Crippen LogP contribution < -0.4 is 5.32 Å². The minimum absolute atomic E-state index is 0.105. The number of ether oxygens (including phenoxy) is 1. The summed E-state index contributed by atoms with van der Waals surface area (Å²) < 4.78 is 10.6. The Hall–Kier alpha value is -3.15. The number of benzene rings is 2. The molecule has 0 aliphatic carbocycles. The van der Waals surface area contributed by atoms with Crippen molar-refractivity contribution in [1.29, 1.82) is 0 Å². The van der Waals surface area contributed by atoms with E-state index >= 15 is 0 Å². The van der Waals surface area contributed by atoms with E-state index < -0.39 is 0 Å². The molecule has 1 N–H and O–H groups in total. The molecule has 0 unspecified atom stereocenters. The summed E-state index contributed by atoms with van der Waals surface area (Å²) in [6.45, 7) is 8.29. The second-order valence-corrected chi connectivity index (χ2v) is 7.38. The summed E-state index contributed by atoms with van der Waals surface area (Å²) in [5.41, 5.74) is 4.45. The van der Waals surface area contributed by atoms with Crippen LogP contribution in [-0.4, -0.2) is 23.6 Å². The predicted octanol–water partition coefficient (Wildman–Crippen LogP) is 4.44. The molecule has 1 heterocycles. The molecule has 0 saturated carbocycles. The lowest BCUT2D eigenvalue weighted by Gasteiger charge is -2.08. The van der Waals surface area contributed by atoms with E-state index in [0.717, 1.165) is 16.5 Å². The quantitative estimate of drug-likeness (QED) is 0.640. The van der Waals surface area contributed by atoms with E-state index in [0.29, 0.717) is 29.1 Å². The zero-order valence-corrected chi connectivity index (χ0v) is 16.5. The summed E-state index contributed by atoms with van der Waals surface area (Å²) in [6, 6.07) is 10.6. The smallest absolute Gasteiger partial charge is 0.338 e. The van der Waals surface area contributed by atoms with Crippen LogP contribution in [0.15, 0.2) is 40.9 Å². The molecule has 6 heteroatoms. The molecule has 0 aliphatic rings. The lowest BCUT2D eigenvalue weighted by molar-refractivity contribution is -0.115. The Bertz CT molecular complexity index is 1000. The number of aromatic nitrogens is 1. The number of carbonyl (C=O) groups is 2. The Morgan fingerprint density at radius 2 is 1.86 bits per heavy atom. The fourth-order valence-electron chi connectivity index (χ4n) is 2.94. The van der Waals surface area contributed by atoms with Crippen molar-refractivity contribution in [2.24, 2.45) is 5.92 Å². The zero-order valence-electron chi connectivity index (χ0n) is 16.5. The summed E-state index contributed by atoms with van der Waals surface area (Å²) in [6.07, 6.45) is 0.105. The fourth-order valence-corrected chi connectivity index (χ4v) is 2.94. The van der Waals surface area contributed by atoms with Gasteiger partial charge in [-0.15, -0.1) is 0 Å². The minimum Gasteiger partial charge on any atom is -0.462 e. The van der Waals surface area contributed by atoms with Crippen molar-refractivity contribution in [2.75, 3.05) is 11.9 Å². The van der Waals surface area contributed by atoms with Crippen molar-refractivity contribution < 1.29 is 18.8 Å². The predicted molar refractivity (Wildman–Crippen MR) is 107 cm³/mol. The van der Waals surface area contributed by atoms with E-state index in [4.69, 9.17) is 9.26 Å². The van der Waals surface area contributed by atoms with Crippen molar-refractivity contribution in [1.82, 2.24) is 5.16 Å². The number of amides is 1. The first kappa shape index (κ1) is 19.6. The molecule has 2 aromatic carbocycles. The van der Waals surface area contributed by atoms with Gasteiger partial charge in [0, 0.05) is 11.1 Å². The van der Waals surface area contributed by atoms with Gasteiger partial charge in [-0.1, -0.05) is 25.1 Å². The number of nitrogens with zero attached hydrogens (tertiary/aromatic N) is 1. The molecule has 0 saturated heterocycles. The van der Waals surface area contributed by atoms with Gasteiger partial charge in [-0.2, -0.15) is 0 Å². The molecule has 0 radical (unpaired) electrons. The topological polar surface area (TPSA) is 81.4 Å². The Morgan fingerprint density at radius 3 is 2.54 bits per heavy atom. The van der Waals surface area contributed by atoms with E-state index in [1.54, 1.807) is 24.3 Å². The number of hydrogen-bond acceptors (Lipinski definition) is 5. The molecule has 28 heavy (non-hydrogen) atoms. The van der Waals surface area contributed by atoms with Crippen LogP contribution in [0.4, 0.5) is 5.69 Å². The van der Waals surface area contributed by atoms with Crippen molar-refractivity contribution in [3.05, 3.63) is 58.8 Å². The highest BCUT2D eigenvalue weighted by Crippen LogP contribution is 2.24. The highest BCUT2D eigenvalue weighted by molar-refractivity contribution is 5.96. The van der Waals surface area contributed by atoms with Gasteiger partial charge in [0.25, 0.3) is 0 Å². The highest BCUT2D eigenvalue weighted by Gasteiger charge is 2.15. The Kier molecular flexibility index (Phi) is 5.78. The Balaban J connectivity index is 1.65. The molecule has 0 fully saturated rings. The SMILES string of the molecule is Cc1cc(C)c2onc(CC(=O)Nc3ccc(C(=O)OCC(C)C)cc3)c2c1. The van der Waals surface area contributed by atoms with Gasteiger partial charge in [-0.3, -0.25) is 4.79 Å². The van der Waals surface area contributed by atoms with Crippen LogP contribution in [-0.2, 0) is 16.0 Å². The molecular formula is C22H24N2O4. The van der Waals surface area contributed by atoms with E-state index in [1.165, 1.54) is 0 Å². The number of nitrogens with one attached hydrogen (secondary N) is 1. The Labute approximate surface area is 163 Å². The lowest BCUT2D eigenvalue weighted by atomic mass is 10.1. The number of rotatable bonds is 6. The molecule has 1 aromatic heterocycles. The van der Waals surface area contributed by atoms with Crippen LogP contribution in [0.1, 0.15) is 41.0 Å². The van der Waals surface area contributed by atoms with Gasteiger partial charge in [0.05, 0.1) is 18.6 Å². The third kappa shape index (κ3) is 4.57. The molecule has 0 aliphatic heterocycles. The molecule has 0 bridgehead atoms. The number of esters is 1. The number of hydrogen-bond donors (Lipinski definition) is 1. The van der Waals surface area contributed by atoms with E-state index in [1.807, 2.05) is 39.8 Å². The lowest BCUT2D eigenvalue weighted by Crippen LogP contribution is -2.15. The fraction of sp³-hybridized carbons (Fsp3) is 0.318. The van der Waals surface area contributed by atoms with E-state index in [2.05, 4.69) is 10.5 Å². The molecule has 0 atom stereocenters. The monoisotopic (exact) mass is 380 g/mol. The van der Waals surface area contributed by atoms with Gasteiger partial charge in [0.15, 0.2) is 5.58 Å². The van der Waals surface area contributed by atoms with Crippen molar-refractivity contribution in [2.45, 2.75) is 34.1 Å². The summed E-state index contributed by atoms with van der Waals surface area (Å²) in [4.78, 5) is 24.4. The van der Waals surface area contributed by atoms with Crippen LogP contribution >= 0.6 is 0 Å². The highest BCUT2D eigenvalue weighted by atomic mass is 16.5. The third-order valence-corrected chi connectivity index (χ3v) is 4.26. The minimum atomic E-state index is -0.369. The normalized spacial score (nSPS) is 11.0.